The average molecular weight is 446 g/mol. The van der Waals surface area contributed by atoms with E-state index in [-0.39, 0.29) is 18.0 Å². The van der Waals surface area contributed by atoms with Gasteiger partial charge in [-0.15, -0.1) is 0 Å². The summed E-state index contributed by atoms with van der Waals surface area (Å²) < 4.78 is 0. The second-order valence-electron chi connectivity index (χ2n) is 8.10. The number of halogens is 2. The maximum Gasteiger partial charge on any atom is 0.329 e. The molecular weight excluding hydrogens is 421 g/mol. The minimum absolute atomic E-state index is 0.149. The van der Waals surface area contributed by atoms with E-state index in [1.165, 1.54) is 4.90 Å². The van der Waals surface area contributed by atoms with Gasteiger partial charge in [0.05, 0.1) is 11.7 Å². The Labute approximate surface area is 186 Å². The van der Waals surface area contributed by atoms with Crippen LogP contribution in [0.1, 0.15) is 24.8 Å². The van der Waals surface area contributed by atoms with Crippen molar-refractivity contribution in [3.8, 4) is 0 Å². The van der Waals surface area contributed by atoms with Crippen molar-refractivity contribution < 1.29 is 9.59 Å². The SMILES string of the molecule is O=C1CC(CN2CCC(Cc3cc(Cl)ccc3Cl)CC2)NC(=O)N1c1ccccc1. The Bertz CT molecular complexity index is 896. The van der Waals surface area contributed by atoms with Crippen LogP contribution in [0.2, 0.25) is 10.0 Å². The Balaban J connectivity index is 1.28. The normalized spacial score (nSPS) is 21.0. The Morgan fingerprint density at radius 3 is 2.43 bits per heavy atom. The Kier molecular flexibility index (Phi) is 6.61. The van der Waals surface area contributed by atoms with Gasteiger partial charge in [-0.25, -0.2) is 9.69 Å². The number of benzene rings is 2. The molecule has 0 aliphatic carbocycles. The molecule has 0 spiro atoms. The number of anilines is 1. The van der Waals surface area contributed by atoms with Gasteiger partial charge >= 0.3 is 6.03 Å². The smallest absolute Gasteiger partial charge is 0.329 e. The summed E-state index contributed by atoms with van der Waals surface area (Å²) >= 11 is 12.4. The summed E-state index contributed by atoms with van der Waals surface area (Å²) in [6.45, 7) is 2.60. The quantitative estimate of drug-likeness (QED) is 0.721. The highest BCUT2D eigenvalue weighted by molar-refractivity contribution is 6.33. The van der Waals surface area contributed by atoms with Crippen molar-refractivity contribution >= 4 is 40.8 Å². The number of imide groups is 1. The van der Waals surface area contributed by atoms with Gasteiger partial charge in [0.25, 0.3) is 0 Å². The van der Waals surface area contributed by atoms with Crippen LogP contribution < -0.4 is 10.2 Å². The molecule has 2 aromatic rings. The van der Waals surface area contributed by atoms with E-state index < -0.39 is 0 Å². The van der Waals surface area contributed by atoms with Crippen molar-refractivity contribution in [1.29, 1.82) is 0 Å². The first-order valence-corrected chi connectivity index (χ1v) is 11.1. The molecule has 2 fully saturated rings. The van der Waals surface area contributed by atoms with E-state index in [9.17, 15) is 9.59 Å². The summed E-state index contributed by atoms with van der Waals surface area (Å²) in [4.78, 5) is 28.7. The molecule has 1 N–H and O–H groups in total. The number of hydrogen-bond donors (Lipinski definition) is 1. The summed E-state index contributed by atoms with van der Waals surface area (Å²) in [5, 5.41) is 4.49. The molecule has 30 heavy (non-hydrogen) atoms. The van der Waals surface area contributed by atoms with Crippen LogP contribution in [0.4, 0.5) is 10.5 Å². The molecule has 1 atom stereocenters. The number of carbonyl (C=O) groups is 2. The lowest BCUT2D eigenvalue weighted by atomic mass is 9.90. The number of hydrogen-bond acceptors (Lipinski definition) is 3. The lowest BCUT2D eigenvalue weighted by Gasteiger charge is -2.37. The highest BCUT2D eigenvalue weighted by Crippen LogP contribution is 2.28. The third-order valence-corrected chi connectivity index (χ3v) is 6.52. The first-order valence-electron chi connectivity index (χ1n) is 10.3. The molecule has 158 valence electrons. The molecule has 7 heteroatoms. The molecule has 2 heterocycles. The first kappa shape index (κ1) is 21.2. The zero-order valence-corrected chi connectivity index (χ0v) is 18.2. The molecule has 1 unspecified atom stereocenters. The summed E-state index contributed by atoms with van der Waals surface area (Å²) in [5.41, 5.74) is 1.72. The van der Waals surface area contributed by atoms with Crippen molar-refractivity contribution in [1.82, 2.24) is 10.2 Å². The van der Waals surface area contributed by atoms with Gasteiger partial charge in [-0.3, -0.25) is 4.79 Å². The second kappa shape index (κ2) is 9.38. The molecule has 2 aliphatic heterocycles. The molecule has 5 nitrogen and oxygen atoms in total. The number of nitrogens with zero attached hydrogens (tertiary/aromatic N) is 2. The third kappa shape index (κ3) is 4.97. The van der Waals surface area contributed by atoms with Crippen LogP contribution in [-0.4, -0.2) is 42.5 Å². The fraction of sp³-hybridized carbons (Fsp3) is 0.391. The van der Waals surface area contributed by atoms with Gasteiger partial charge in [-0.05, 0) is 74.2 Å². The van der Waals surface area contributed by atoms with Crippen LogP contribution in [0.5, 0.6) is 0 Å². The van der Waals surface area contributed by atoms with E-state index in [1.54, 1.807) is 12.1 Å². The lowest BCUT2D eigenvalue weighted by molar-refractivity contribution is -0.119. The summed E-state index contributed by atoms with van der Waals surface area (Å²) in [5.74, 6) is 0.411. The Hall–Kier alpha value is -2.08. The maximum atomic E-state index is 12.6. The Morgan fingerprint density at radius 1 is 1.00 bits per heavy atom. The summed E-state index contributed by atoms with van der Waals surface area (Å²) in [6.07, 6.45) is 3.37. The lowest BCUT2D eigenvalue weighted by Crippen LogP contribution is -2.58. The van der Waals surface area contributed by atoms with Crippen molar-refractivity contribution in [2.45, 2.75) is 31.7 Å². The number of amides is 3. The highest BCUT2D eigenvalue weighted by atomic mass is 35.5. The molecule has 0 saturated carbocycles. The summed E-state index contributed by atoms with van der Waals surface area (Å²) in [6, 6.07) is 14.2. The predicted octanol–water partition coefficient (Wildman–Crippen LogP) is 4.76. The highest BCUT2D eigenvalue weighted by Gasteiger charge is 2.34. The van der Waals surface area contributed by atoms with Crippen LogP contribution in [0, 0.1) is 5.92 Å². The van der Waals surface area contributed by atoms with Crippen LogP contribution in [0.15, 0.2) is 48.5 Å². The van der Waals surface area contributed by atoms with Gasteiger partial charge in [0.2, 0.25) is 5.91 Å². The minimum Gasteiger partial charge on any atom is -0.333 e. The molecule has 2 aromatic carbocycles. The largest absolute Gasteiger partial charge is 0.333 e. The van der Waals surface area contributed by atoms with E-state index in [0.29, 0.717) is 29.6 Å². The average Bonchev–Trinajstić information content (AvgIpc) is 2.72. The zero-order valence-electron chi connectivity index (χ0n) is 16.7. The fourth-order valence-corrected chi connectivity index (χ4v) is 4.74. The van der Waals surface area contributed by atoms with E-state index in [4.69, 9.17) is 23.2 Å². The molecule has 2 saturated heterocycles. The van der Waals surface area contributed by atoms with Gasteiger partial charge in [0.1, 0.15) is 0 Å². The second-order valence-corrected chi connectivity index (χ2v) is 8.94. The van der Waals surface area contributed by atoms with Crippen molar-refractivity contribution in [2.24, 2.45) is 5.92 Å². The topological polar surface area (TPSA) is 52.7 Å². The number of piperidine rings is 1. The van der Waals surface area contributed by atoms with E-state index >= 15 is 0 Å². The van der Waals surface area contributed by atoms with Gasteiger partial charge in [-0.2, -0.15) is 0 Å². The zero-order chi connectivity index (χ0) is 21.1. The van der Waals surface area contributed by atoms with E-state index in [1.807, 2.05) is 36.4 Å². The van der Waals surface area contributed by atoms with Crippen LogP contribution in [0.25, 0.3) is 0 Å². The molecule has 2 aliphatic rings. The predicted molar refractivity (Wildman–Crippen MR) is 120 cm³/mol. The monoisotopic (exact) mass is 445 g/mol. The van der Waals surface area contributed by atoms with Crippen LogP contribution in [-0.2, 0) is 11.2 Å². The molecule has 0 bridgehead atoms. The first-order chi connectivity index (χ1) is 14.5. The fourth-order valence-electron chi connectivity index (χ4n) is 4.35. The molecule has 0 radical (unpaired) electrons. The number of likely N-dealkylation sites (tertiary alicyclic amines) is 1. The van der Waals surface area contributed by atoms with Crippen molar-refractivity contribution in [2.75, 3.05) is 24.5 Å². The van der Waals surface area contributed by atoms with Gasteiger partial charge in [-0.1, -0.05) is 41.4 Å². The van der Waals surface area contributed by atoms with Crippen LogP contribution in [0.3, 0.4) is 0 Å². The molecule has 4 rings (SSSR count). The number of nitrogens with one attached hydrogen (secondary N) is 1. The minimum atomic E-state index is -0.340. The van der Waals surface area contributed by atoms with Gasteiger partial charge in [0.15, 0.2) is 0 Å². The summed E-state index contributed by atoms with van der Waals surface area (Å²) in [7, 11) is 0. The van der Waals surface area contributed by atoms with Crippen molar-refractivity contribution in [3.63, 3.8) is 0 Å². The molecule has 0 aromatic heterocycles. The standard InChI is InChI=1S/C23H25Cl2N3O2/c24-18-6-7-21(25)17(13-18)12-16-8-10-27(11-9-16)15-19-14-22(29)28(23(30)26-19)20-4-2-1-3-5-20/h1-7,13,16,19H,8-12,14-15H2,(H,26,30). The molecular formula is C23H25Cl2N3O2. The number of carbonyl (C=O) groups excluding carboxylic acids is 2. The molecule has 3 amide bonds. The van der Waals surface area contributed by atoms with Crippen molar-refractivity contribution in [3.05, 3.63) is 64.1 Å². The van der Waals surface area contributed by atoms with Gasteiger partial charge in [0, 0.05) is 23.0 Å². The number of urea groups is 1. The number of para-hydroxylation sites is 1. The Morgan fingerprint density at radius 2 is 1.73 bits per heavy atom. The third-order valence-electron chi connectivity index (χ3n) is 5.92. The van der Waals surface area contributed by atoms with E-state index in [2.05, 4.69) is 10.2 Å². The maximum absolute atomic E-state index is 12.6. The number of rotatable bonds is 5. The van der Waals surface area contributed by atoms with E-state index in [0.717, 1.165) is 42.9 Å². The van der Waals surface area contributed by atoms with Gasteiger partial charge < -0.3 is 10.2 Å². The van der Waals surface area contributed by atoms with Crippen LogP contribution >= 0.6 is 23.2 Å².